The number of furan rings is 1. The van der Waals surface area contributed by atoms with Crippen LogP contribution in [0.2, 0.25) is 0 Å². The third-order valence-corrected chi connectivity index (χ3v) is 4.80. The van der Waals surface area contributed by atoms with E-state index in [1.807, 2.05) is 49.4 Å². The summed E-state index contributed by atoms with van der Waals surface area (Å²) >= 11 is 0. The van der Waals surface area contributed by atoms with Crippen LogP contribution in [0.25, 0.3) is 11.0 Å². The summed E-state index contributed by atoms with van der Waals surface area (Å²) in [5, 5.41) is 4.01. The highest BCUT2D eigenvalue weighted by molar-refractivity contribution is 5.94. The number of carbonyl (C=O) groups is 1. The molecule has 1 aromatic heterocycles. The third-order valence-electron chi connectivity index (χ3n) is 4.80. The number of ether oxygens (including phenoxy) is 2. The highest BCUT2D eigenvalue weighted by Crippen LogP contribution is 2.24. The van der Waals surface area contributed by atoms with Crippen molar-refractivity contribution in [3.63, 3.8) is 0 Å². The van der Waals surface area contributed by atoms with Crippen LogP contribution in [-0.4, -0.2) is 25.2 Å². The first-order valence-electron chi connectivity index (χ1n) is 9.33. The number of nitrogens with one attached hydrogen (secondary N) is 1. The zero-order valence-corrected chi connectivity index (χ0v) is 15.3. The summed E-state index contributed by atoms with van der Waals surface area (Å²) in [5.74, 6) is 1.34. The molecule has 0 bridgehead atoms. The lowest BCUT2D eigenvalue weighted by Gasteiger charge is -2.13. The number of para-hydroxylation sites is 1. The maximum Gasteiger partial charge on any atom is 0.251 e. The molecule has 1 fully saturated rings. The second kappa shape index (κ2) is 7.84. The molecule has 1 aliphatic rings. The van der Waals surface area contributed by atoms with Gasteiger partial charge in [0.2, 0.25) is 0 Å². The van der Waals surface area contributed by atoms with Crippen molar-refractivity contribution in [1.82, 2.24) is 5.32 Å². The molecule has 0 unspecified atom stereocenters. The van der Waals surface area contributed by atoms with Crippen molar-refractivity contribution in [3.8, 4) is 5.75 Å². The number of fused-ring (bicyclic) bond motifs is 1. The van der Waals surface area contributed by atoms with Gasteiger partial charge in [-0.2, -0.15) is 0 Å². The first-order chi connectivity index (χ1) is 13.2. The van der Waals surface area contributed by atoms with Crippen molar-refractivity contribution in [3.05, 3.63) is 65.9 Å². The molecule has 27 heavy (non-hydrogen) atoms. The molecule has 2 atom stereocenters. The average Bonchev–Trinajstić information content (AvgIpc) is 3.36. The standard InChI is InChI=1S/C22H23NO4/c1-15(21-13-17-5-2-3-7-20(17)27-21)23-22(24)16-8-10-18(11-9-16)26-14-19-6-4-12-25-19/h2-3,5,7-11,13,15,19H,4,6,12,14H2,1H3,(H,23,24)/t15-,19+/m0/s1. The first kappa shape index (κ1) is 17.6. The van der Waals surface area contributed by atoms with E-state index in [0.29, 0.717) is 12.2 Å². The minimum Gasteiger partial charge on any atom is -0.491 e. The average molecular weight is 365 g/mol. The second-order valence-corrected chi connectivity index (χ2v) is 6.85. The molecule has 0 spiro atoms. The van der Waals surface area contributed by atoms with E-state index in [2.05, 4.69) is 5.32 Å². The quantitative estimate of drug-likeness (QED) is 0.700. The van der Waals surface area contributed by atoms with E-state index in [0.717, 1.165) is 41.9 Å². The van der Waals surface area contributed by atoms with Crippen molar-refractivity contribution in [2.75, 3.05) is 13.2 Å². The molecule has 4 rings (SSSR count). The van der Waals surface area contributed by atoms with Gasteiger partial charge in [-0.05, 0) is 56.2 Å². The molecule has 1 amide bonds. The zero-order chi connectivity index (χ0) is 18.6. The number of hydrogen-bond acceptors (Lipinski definition) is 4. The molecule has 1 saturated heterocycles. The van der Waals surface area contributed by atoms with Crippen LogP contribution in [0.4, 0.5) is 0 Å². The maximum atomic E-state index is 12.5. The number of amides is 1. The van der Waals surface area contributed by atoms with E-state index in [1.54, 1.807) is 12.1 Å². The van der Waals surface area contributed by atoms with Gasteiger partial charge in [0.05, 0.1) is 12.1 Å². The van der Waals surface area contributed by atoms with Gasteiger partial charge in [0.1, 0.15) is 23.7 Å². The topological polar surface area (TPSA) is 60.7 Å². The molecule has 5 heteroatoms. The molecule has 0 aliphatic carbocycles. The van der Waals surface area contributed by atoms with Gasteiger partial charge < -0.3 is 19.2 Å². The largest absolute Gasteiger partial charge is 0.491 e. The minimum absolute atomic E-state index is 0.145. The van der Waals surface area contributed by atoms with Gasteiger partial charge in [-0.15, -0.1) is 0 Å². The Morgan fingerprint density at radius 2 is 2.04 bits per heavy atom. The Labute approximate surface area is 158 Å². The van der Waals surface area contributed by atoms with Crippen LogP contribution in [-0.2, 0) is 4.74 Å². The lowest BCUT2D eigenvalue weighted by atomic mass is 10.1. The van der Waals surface area contributed by atoms with E-state index in [1.165, 1.54) is 0 Å². The maximum absolute atomic E-state index is 12.5. The Bertz CT molecular complexity index is 876. The Morgan fingerprint density at radius 3 is 2.78 bits per heavy atom. The monoisotopic (exact) mass is 365 g/mol. The molecule has 2 aromatic carbocycles. The zero-order valence-electron chi connectivity index (χ0n) is 15.3. The Kier molecular flexibility index (Phi) is 5.12. The van der Waals surface area contributed by atoms with Crippen LogP contribution < -0.4 is 10.1 Å². The SMILES string of the molecule is C[C@H](NC(=O)c1ccc(OC[C@H]2CCCO2)cc1)c1cc2ccccc2o1. The van der Waals surface area contributed by atoms with Crippen LogP contribution in [0.5, 0.6) is 5.75 Å². The molecule has 140 valence electrons. The fourth-order valence-electron chi connectivity index (χ4n) is 3.23. The predicted octanol–water partition coefficient (Wildman–Crippen LogP) is 4.48. The molecule has 0 saturated carbocycles. The van der Waals surface area contributed by atoms with E-state index in [9.17, 15) is 4.79 Å². The number of benzene rings is 2. The van der Waals surface area contributed by atoms with Gasteiger partial charge >= 0.3 is 0 Å². The van der Waals surface area contributed by atoms with Crippen LogP contribution in [0.1, 0.15) is 41.9 Å². The summed E-state index contributed by atoms with van der Waals surface area (Å²) < 4.78 is 17.1. The normalized spacial score (nSPS) is 17.7. The number of rotatable bonds is 6. The third kappa shape index (κ3) is 4.14. The highest BCUT2D eigenvalue weighted by Gasteiger charge is 2.17. The van der Waals surface area contributed by atoms with E-state index in [-0.39, 0.29) is 18.1 Å². The first-order valence-corrected chi connectivity index (χ1v) is 9.33. The Hall–Kier alpha value is -2.79. The fraction of sp³-hybridized carbons (Fsp3) is 0.318. The van der Waals surface area contributed by atoms with Gasteiger partial charge in [-0.1, -0.05) is 18.2 Å². The summed E-state index contributed by atoms with van der Waals surface area (Å²) in [6.07, 6.45) is 2.31. The van der Waals surface area contributed by atoms with Crippen LogP contribution in [0.3, 0.4) is 0 Å². The number of hydrogen-bond donors (Lipinski definition) is 1. The molecular formula is C22H23NO4. The summed E-state index contributed by atoms with van der Waals surface area (Å²) in [7, 11) is 0. The predicted molar refractivity (Wildman–Crippen MR) is 103 cm³/mol. The summed E-state index contributed by atoms with van der Waals surface area (Å²) in [6, 6.07) is 16.7. The molecular weight excluding hydrogens is 342 g/mol. The Balaban J connectivity index is 1.35. The van der Waals surface area contributed by atoms with Gasteiger partial charge in [-0.25, -0.2) is 0 Å². The smallest absolute Gasteiger partial charge is 0.251 e. The van der Waals surface area contributed by atoms with E-state index >= 15 is 0 Å². The van der Waals surface area contributed by atoms with Gasteiger partial charge in [0, 0.05) is 17.6 Å². The van der Waals surface area contributed by atoms with E-state index < -0.39 is 0 Å². The van der Waals surface area contributed by atoms with Crippen molar-refractivity contribution >= 4 is 16.9 Å². The summed E-state index contributed by atoms with van der Waals surface area (Å²) in [4.78, 5) is 12.5. The molecule has 3 aromatic rings. The lowest BCUT2D eigenvalue weighted by Crippen LogP contribution is -2.26. The number of carbonyl (C=O) groups excluding carboxylic acids is 1. The van der Waals surface area contributed by atoms with Crippen LogP contribution in [0, 0.1) is 0 Å². The van der Waals surface area contributed by atoms with Gasteiger partial charge in [0.15, 0.2) is 0 Å². The summed E-state index contributed by atoms with van der Waals surface area (Å²) in [6.45, 7) is 3.28. The lowest BCUT2D eigenvalue weighted by molar-refractivity contribution is 0.0679. The van der Waals surface area contributed by atoms with Crippen molar-refractivity contribution < 1.29 is 18.7 Å². The minimum atomic E-state index is -0.222. The molecule has 0 radical (unpaired) electrons. The van der Waals surface area contributed by atoms with Crippen molar-refractivity contribution in [2.24, 2.45) is 0 Å². The molecule has 2 heterocycles. The Morgan fingerprint density at radius 1 is 1.22 bits per heavy atom. The van der Waals surface area contributed by atoms with Crippen molar-refractivity contribution in [2.45, 2.75) is 31.9 Å². The van der Waals surface area contributed by atoms with E-state index in [4.69, 9.17) is 13.9 Å². The molecule has 1 N–H and O–H groups in total. The second-order valence-electron chi connectivity index (χ2n) is 6.85. The molecule has 1 aliphatic heterocycles. The fourth-order valence-corrected chi connectivity index (χ4v) is 3.23. The van der Waals surface area contributed by atoms with Crippen LogP contribution >= 0.6 is 0 Å². The van der Waals surface area contributed by atoms with Crippen LogP contribution in [0.15, 0.2) is 59.0 Å². The highest BCUT2D eigenvalue weighted by atomic mass is 16.5. The van der Waals surface area contributed by atoms with Crippen molar-refractivity contribution in [1.29, 1.82) is 0 Å². The summed E-state index contributed by atoms with van der Waals surface area (Å²) in [5.41, 5.74) is 1.41. The van der Waals surface area contributed by atoms with Gasteiger partial charge in [-0.3, -0.25) is 4.79 Å². The van der Waals surface area contributed by atoms with Gasteiger partial charge in [0.25, 0.3) is 5.91 Å². The molecule has 5 nitrogen and oxygen atoms in total.